The molecule has 10 aromatic rings. The summed E-state index contributed by atoms with van der Waals surface area (Å²) in [6.07, 6.45) is 0. The zero-order valence-electron chi connectivity index (χ0n) is 28.4. The largest absolute Gasteiger partial charge is 0.456 e. The first kappa shape index (κ1) is 30.0. The molecule has 244 valence electrons. The molecule has 0 radical (unpaired) electrons. The van der Waals surface area contributed by atoms with E-state index in [-0.39, 0.29) is 0 Å². The van der Waals surface area contributed by atoms with Crippen molar-refractivity contribution in [2.24, 2.45) is 0 Å². The fraction of sp³-hybridized carbons (Fsp3) is 0. The molecule has 0 spiro atoms. The highest BCUT2D eigenvalue weighted by atomic mass is 16.3. The molecule has 0 fully saturated rings. The van der Waals surface area contributed by atoms with Gasteiger partial charge in [0.2, 0.25) is 0 Å². The predicted molar refractivity (Wildman–Crippen MR) is 220 cm³/mol. The molecule has 1 aromatic heterocycles. The summed E-state index contributed by atoms with van der Waals surface area (Å²) in [6.45, 7) is 0. The van der Waals surface area contributed by atoms with Gasteiger partial charge in [-0.15, -0.1) is 0 Å². The van der Waals surface area contributed by atoms with Gasteiger partial charge in [-0.2, -0.15) is 0 Å². The Bertz CT molecular complexity index is 2890. The average Bonchev–Trinajstić information content (AvgIpc) is 3.61. The molecule has 0 aliphatic heterocycles. The molecule has 1 heterocycles. The highest BCUT2D eigenvalue weighted by Gasteiger charge is 2.17. The zero-order valence-corrected chi connectivity index (χ0v) is 28.4. The summed E-state index contributed by atoms with van der Waals surface area (Å²) in [5.41, 5.74) is 12.2. The summed E-state index contributed by atoms with van der Waals surface area (Å²) in [6, 6.07) is 71.7. The van der Waals surface area contributed by atoms with E-state index in [4.69, 9.17) is 4.42 Å². The Morgan fingerprint density at radius 1 is 0.308 bits per heavy atom. The number of anilines is 3. The Morgan fingerprint density at radius 3 is 1.71 bits per heavy atom. The minimum absolute atomic E-state index is 0.904. The second kappa shape index (κ2) is 12.5. The minimum Gasteiger partial charge on any atom is -0.456 e. The standard InChI is InChI=1S/C50H33NO/c1-2-11-34(12-3-1)38-14-8-15-41(33-38)51(40-30-25-37(26-31-40)44-19-10-22-49-50(44)47-17-6-7-21-48(47)52-49)39-28-23-36(24-29-39)43-18-9-20-45-42-16-5-4-13-35(42)27-32-46(43)45/h1-33H. The molecule has 9 aromatic carbocycles. The minimum atomic E-state index is 0.904. The number of nitrogens with zero attached hydrogens (tertiary/aromatic N) is 1. The fourth-order valence-electron chi connectivity index (χ4n) is 7.79. The van der Waals surface area contributed by atoms with Crippen LogP contribution in [0.1, 0.15) is 0 Å². The number of hydrogen-bond donors (Lipinski definition) is 0. The van der Waals surface area contributed by atoms with Crippen LogP contribution >= 0.6 is 0 Å². The first-order chi connectivity index (χ1) is 25.8. The Hall–Kier alpha value is -6.90. The average molecular weight is 664 g/mol. The van der Waals surface area contributed by atoms with E-state index in [1.165, 1.54) is 49.4 Å². The number of furan rings is 1. The molecule has 52 heavy (non-hydrogen) atoms. The summed E-state index contributed by atoms with van der Waals surface area (Å²) >= 11 is 0. The summed E-state index contributed by atoms with van der Waals surface area (Å²) in [7, 11) is 0. The summed E-state index contributed by atoms with van der Waals surface area (Å²) in [5.74, 6) is 0. The second-order valence-corrected chi connectivity index (χ2v) is 13.3. The van der Waals surface area contributed by atoms with Gasteiger partial charge >= 0.3 is 0 Å². The van der Waals surface area contributed by atoms with Gasteiger partial charge in [0.25, 0.3) is 0 Å². The molecule has 10 rings (SSSR count). The third-order valence-electron chi connectivity index (χ3n) is 10.3. The maximum atomic E-state index is 6.22. The smallest absolute Gasteiger partial charge is 0.136 e. The Kier molecular flexibility index (Phi) is 7.18. The van der Waals surface area contributed by atoms with Gasteiger partial charge in [0, 0.05) is 27.8 Å². The third-order valence-corrected chi connectivity index (χ3v) is 10.3. The summed E-state index contributed by atoms with van der Waals surface area (Å²) in [5, 5.41) is 7.36. The molecule has 0 N–H and O–H groups in total. The Labute approximate surface area is 302 Å². The van der Waals surface area contributed by atoms with Crippen molar-refractivity contribution >= 4 is 60.5 Å². The quantitative estimate of drug-likeness (QED) is 0.165. The maximum absolute atomic E-state index is 6.22. The van der Waals surface area contributed by atoms with Gasteiger partial charge in [-0.1, -0.05) is 152 Å². The number of benzene rings is 9. The van der Waals surface area contributed by atoms with Crippen molar-refractivity contribution in [3.05, 3.63) is 200 Å². The van der Waals surface area contributed by atoms with Gasteiger partial charge in [0.05, 0.1) is 0 Å². The van der Waals surface area contributed by atoms with E-state index in [1.807, 2.05) is 12.1 Å². The molecule has 0 unspecified atom stereocenters. The van der Waals surface area contributed by atoms with E-state index in [2.05, 4.69) is 193 Å². The van der Waals surface area contributed by atoms with Crippen LogP contribution in [0.4, 0.5) is 17.1 Å². The van der Waals surface area contributed by atoms with E-state index in [0.29, 0.717) is 0 Å². The van der Waals surface area contributed by atoms with E-state index in [0.717, 1.165) is 44.6 Å². The van der Waals surface area contributed by atoms with E-state index < -0.39 is 0 Å². The van der Waals surface area contributed by atoms with Crippen molar-refractivity contribution in [1.82, 2.24) is 0 Å². The monoisotopic (exact) mass is 663 g/mol. The lowest BCUT2D eigenvalue weighted by atomic mass is 9.94. The highest BCUT2D eigenvalue weighted by molar-refractivity contribution is 6.13. The Balaban J connectivity index is 1.08. The lowest BCUT2D eigenvalue weighted by Crippen LogP contribution is -2.10. The van der Waals surface area contributed by atoms with Crippen molar-refractivity contribution in [2.75, 3.05) is 4.90 Å². The predicted octanol–water partition coefficient (Wildman–Crippen LogP) is 14.4. The summed E-state index contributed by atoms with van der Waals surface area (Å²) < 4.78 is 6.22. The van der Waals surface area contributed by atoms with Gasteiger partial charge in [-0.3, -0.25) is 0 Å². The lowest BCUT2D eigenvalue weighted by molar-refractivity contribution is 0.669. The van der Waals surface area contributed by atoms with Crippen LogP contribution < -0.4 is 4.90 Å². The van der Waals surface area contributed by atoms with E-state index in [9.17, 15) is 0 Å². The maximum Gasteiger partial charge on any atom is 0.136 e. The van der Waals surface area contributed by atoms with Crippen LogP contribution in [0, 0.1) is 0 Å². The van der Waals surface area contributed by atoms with Crippen LogP contribution in [0.15, 0.2) is 205 Å². The van der Waals surface area contributed by atoms with Crippen LogP contribution in [0.25, 0.3) is 76.9 Å². The van der Waals surface area contributed by atoms with Gasteiger partial charge in [-0.05, 0) is 103 Å². The molecule has 0 saturated carbocycles. The van der Waals surface area contributed by atoms with Gasteiger partial charge in [0.1, 0.15) is 11.2 Å². The van der Waals surface area contributed by atoms with Gasteiger partial charge in [-0.25, -0.2) is 0 Å². The van der Waals surface area contributed by atoms with Gasteiger partial charge < -0.3 is 9.32 Å². The molecule has 0 bridgehead atoms. The molecular formula is C50H33NO. The first-order valence-electron chi connectivity index (χ1n) is 17.8. The fourth-order valence-corrected chi connectivity index (χ4v) is 7.79. The molecule has 0 saturated heterocycles. The normalized spacial score (nSPS) is 11.5. The van der Waals surface area contributed by atoms with Crippen molar-refractivity contribution < 1.29 is 4.42 Å². The van der Waals surface area contributed by atoms with E-state index >= 15 is 0 Å². The van der Waals surface area contributed by atoms with Crippen LogP contribution in [0.5, 0.6) is 0 Å². The van der Waals surface area contributed by atoms with Crippen molar-refractivity contribution in [2.45, 2.75) is 0 Å². The van der Waals surface area contributed by atoms with E-state index in [1.54, 1.807) is 0 Å². The molecule has 2 nitrogen and oxygen atoms in total. The first-order valence-corrected chi connectivity index (χ1v) is 17.8. The van der Waals surface area contributed by atoms with Crippen molar-refractivity contribution in [1.29, 1.82) is 0 Å². The number of hydrogen-bond acceptors (Lipinski definition) is 2. The van der Waals surface area contributed by atoms with Gasteiger partial charge in [0.15, 0.2) is 0 Å². The molecule has 0 atom stereocenters. The highest BCUT2D eigenvalue weighted by Crippen LogP contribution is 2.41. The second-order valence-electron chi connectivity index (χ2n) is 13.3. The Morgan fingerprint density at radius 2 is 0.904 bits per heavy atom. The molecular weight excluding hydrogens is 631 g/mol. The SMILES string of the molecule is c1ccc(-c2cccc(N(c3ccc(-c4cccc5c4ccc4ccccc45)cc3)c3ccc(-c4cccc5oc6ccccc6c45)cc3)c2)cc1. The molecule has 0 amide bonds. The van der Waals surface area contributed by atoms with Crippen LogP contribution in [0.2, 0.25) is 0 Å². The van der Waals surface area contributed by atoms with Crippen LogP contribution in [-0.4, -0.2) is 0 Å². The lowest BCUT2D eigenvalue weighted by Gasteiger charge is -2.26. The van der Waals surface area contributed by atoms with Crippen LogP contribution in [0.3, 0.4) is 0 Å². The summed E-state index contributed by atoms with van der Waals surface area (Å²) in [4.78, 5) is 2.35. The molecule has 2 heteroatoms. The zero-order chi connectivity index (χ0) is 34.4. The third kappa shape index (κ3) is 5.12. The number of fused-ring (bicyclic) bond motifs is 6. The van der Waals surface area contributed by atoms with Crippen LogP contribution in [-0.2, 0) is 0 Å². The molecule has 0 aliphatic carbocycles. The molecule has 0 aliphatic rings. The number of para-hydroxylation sites is 1. The van der Waals surface area contributed by atoms with Crippen molar-refractivity contribution in [3.8, 4) is 33.4 Å². The topological polar surface area (TPSA) is 16.4 Å². The van der Waals surface area contributed by atoms with Crippen molar-refractivity contribution in [3.63, 3.8) is 0 Å². The number of rotatable bonds is 6.